The van der Waals surface area contributed by atoms with Crippen molar-refractivity contribution in [1.82, 2.24) is 0 Å². The Morgan fingerprint density at radius 2 is 1.54 bits per heavy atom. The zero-order valence-corrected chi connectivity index (χ0v) is 8.75. The number of hydrogen-bond donors (Lipinski definition) is 0. The van der Waals surface area contributed by atoms with Gasteiger partial charge in [0.1, 0.15) is 13.1 Å². The van der Waals surface area contributed by atoms with Crippen LogP contribution in [0.3, 0.4) is 0 Å². The third-order valence-electron chi connectivity index (χ3n) is 3.43. The molecule has 1 nitrogen and oxygen atoms in total. The normalized spacial score (nSPS) is 19.1. The first-order valence-electron chi connectivity index (χ1n) is 5.03. The van der Waals surface area contributed by atoms with E-state index in [9.17, 15) is 0 Å². The van der Waals surface area contributed by atoms with Gasteiger partial charge in [0, 0.05) is 11.1 Å². The van der Waals surface area contributed by atoms with Gasteiger partial charge >= 0.3 is 0 Å². The van der Waals surface area contributed by atoms with Crippen LogP contribution in [0.5, 0.6) is 0 Å². The minimum Gasteiger partial charge on any atom is -0.317 e. The Labute approximate surface area is 80.6 Å². The summed E-state index contributed by atoms with van der Waals surface area (Å²) in [7, 11) is 2.35. The number of nitrogens with zero attached hydrogens (tertiary/aromatic N) is 1. The van der Waals surface area contributed by atoms with Gasteiger partial charge in [0.05, 0.1) is 13.1 Å². The van der Waals surface area contributed by atoms with Crippen molar-refractivity contribution < 1.29 is 4.48 Å². The third kappa shape index (κ3) is 1.37. The first kappa shape index (κ1) is 8.76. The molecule has 0 N–H and O–H groups in total. The Bertz CT molecular complexity index is 290. The summed E-state index contributed by atoms with van der Waals surface area (Å²) in [6, 6.07) is 9.54. The van der Waals surface area contributed by atoms with E-state index >= 15 is 0 Å². The highest BCUT2D eigenvalue weighted by atomic mass is 15.4. The number of benzene rings is 1. The van der Waals surface area contributed by atoms with E-state index in [2.05, 4.69) is 45.2 Å². The van der Waals surface area contributed by atoms with Crippen LogP contribution in [-0.4, -0.2) is 17.6 Å². The summed E-state index contributed by atoms with van der Waals surface area (Å²) >= 11 is 0. The second-order valence-corrected chi connectivity index (χ2v) is 4.66. The minimum atomic E-state index is 0.715. The van der Waals surface area contributed by atoms with Crippen molar-refractivity contribution in [3.8, 4) is 0 Å². The van der Waals surface area contributed by atoms with E-state index in [1.807, 2.05) is 0 Å². The summed E-state index contributed by atoms with van der Waals surface area (Å²) < 4.78 is 1.17. The molecule has 0 amide bonds. The Morgan fingerprint density at radius 3 is 1.92 bits per heavy atom. The van der Waals surface area contributed by atoms with Crippen LogP contribution in [0.4, 0.5) is 0 Å². The van der Waals surface area contributed by atoms with E-state index in [1.165, 1.54) is 17.6 Å². The Hall–Kier alpha value is -0.820. The van der Waals surface area contributed by atoms with E-state index in [-0.39, 0.29) is 0 Å². The van der Waals surface area contributed by atoms with E-state index in [1.54, 1.807) is 11.1 Å². The highest BCUT2D eigenvalue weighted by Gasteiger charge is 2.33. The van der Waals surface area contributed by atoms with E-state index in [4.69, 9.17) is 0 Å². The number of fused-ring (bicyclic) bond motifs is 1. The van der Waals surface area contributed by atoms with E-state index < -0.39 is 0 Å². The zero-order chi connectivity index (χ0) is 9.47. The molecule has 0 radical (unpaired) electrons. The largest absolute Gasteiger partial charge is 0.317 e. The molecule has 1 aromatic rings. The van der Waals surface area contributed by atoms with Crippen molar-refractivity contribution in [1.29, 1.82) is 0 Å². The van der Waals surface area contributed by atoms with E-state index in [0.717, 1.165) is 0 Å². The van der Waals surface area contributed by atoms with Gasteiger partial charge < -0.3 is 4.48 Å². The van der Waals surface area contributed by atoms with Crippen LogP contribution in [0, 0.1) is 0 Å². The molecule has 70 valence electrons. The van der Waals surface area contributed by atoms with Crippen molar-refractivity contribution >= 4 is 0 Å². The predicted octanol–water partition coefficient (Wildman–Crippen LogP) is 2.56. The molecule has 1 heteroatoms. The van der Waals surface area contributed by atoms with Crippen LogP contribution < -0.4 is 0 Å². The molecule has 1 heterocycles. The van der Waals surface area contributed by atoms with Crippen molar-refractivity contribution in [3.05, 3.63) is 35.4 Å². The van der Waals surface area contributed by atoms with Crippen molar-refractivity contribution in [3.63, 3.8) is 0 Å². The SMILES string of the molecule is CC(C)[N+]1(C)Cc2ccccc2C1. The van der Waals surface area contributed by atoms with Gasteiger partial charge in [-0.05, 0) is 13.8 Å². The first-order chi connectivity index (χ1) is 6.12. The molecular weight excluding hydrogens is 158 g/mol. The molecule has 0 saturated heterocycles. The summed E-state index contributed by atoms with van der Waals surface area (Å²) in [6.07, 6.45) is 0. The molecule has 1 aliphatic rings. The zero-order valence-electron chi connectivity index (χ0n) is 8.75. The van der Waals surface area contributed by atoms with Crippen LogP contribution in [0.2, 0.25) is 0 Å². The second-order valence-electron chi connectivity index (χ2n) is 4.66. The lowest BCUT2D eigenvalue weighted by Gasteiger charge is -2.33. The van der Waals surface area contributed by atoms with Gasteiger partial charge in [0.2, 0.25) is 0 Å². The molecule has 1 aliphatic heterocycles. The quantitative estimate of drug-likeness (QED) is 0.577. The van der Waals surface area contributed by atoms with Gasteiger partial charge in [-0.3, -0.25) is 0 Å². The average Bonchev–Trinajstić information content (AvgIpc) is 2.42. The van der Waals surface area contributed by atoms with Gasteiger partial charge in [0.25, 0.3) is 0 Å². The predicted molar refractivity (Wildman–Crippen MR) is 55.2 cm³/mol. The fourth-order valence-corrected chi connectivity index (χ4v) is 2.07. The molecule has 1 aromatic carbocycles. The van der Waals surface area contributed by atoms with Crippen LogP contribution >= 0.6 is 0 Å². The molecule has 0 unspecified atom stereocenters. The van der Waals surface area contributed by atoms with Gasteiger partial charge in [-0.1, -0.05) is 24.3 Å². The molecule has 0 fully saturated rings. The smallest absolute Gasteiger partial charge is 0.105 e. The lowest BCUT2D eigenvalue weighted by Crippen LogP contribution is -2.44. The maximum absolute atomic E-state index is 2.35. The molecule has 13 heavy (non-hydrogen) atoms. The van der Waals surface area contributed by atoms with Crippen LogP contribution in [0.15, 0.2) is 24.3 Å². The molecule has 0 bridgehead atoms. The standard InChI is InChI=1S/C12H18N/c1-10(2)13(3)8-11-6-4-5-7-12(11)9-13/h4-7,10H,8-9H2,1-3H3/q+1. The number of rotatable bonds is 1. The maximum Gasteiger partial charge on any atom is 0.105 e. The molecule has 0 aromatic heterocycles. The lowest BCUT2D eigenvalue weighted by atomic mass is 10.1. The Kier molecular flexibility index (Phi) is 1.92. The second kappa shape index (κ2) is 2.85. The lowest BCUT2D eigenvalue weighted by molar-refractivity contribution is -0.948. The number of quaternary nitrogens is 1. The summed E-state index contributed by atoms with van der Waals surface area (Å²) in [5.41, 5.74) is 3.08. The molecule has 2 rings (SSSR count). The molecule has 0 saturated carbocycles. The van der Waals surface area contributed by atoms with Gasteiger partial charge in [-0.15, -0.1) is 0 Å². The number of hydrogen-bond acceptors (Lipinski definition) is 0. The van der Waals surface area contributed by atoms with Crippen LogP contribution in [0.1, 0.15) is 25.0 Å². The maximum atomic E-state index is 2.35. The van der Waals surface area contributed by atoms with Crippen molar-refractivity contribution in [2.45, 2.75) is 33.0 Å². The first-order valence-corrected chi connectivity index (χ1v) is 5.03. The van der Waals surface area contributed by atoms with E-state index in [0.29, 0.717) is 6.04 Å². The highest BCUT2D eigenvalue weighted by Crippen LogP contribution is 2.30. The Balaban J connectivity index is 2.32. The van der Waals surface area contributed by atoms with Gasteiger partial charge in [-0.2, -0.15) is 0 Å². The van der Waals surface area contributed by atoms with Crippen LogP contribution in [-0.2, 0) is 13.1 Å². The molecule has 0 atom stereocenters. The topological polar surface area (TPSA) is 0 Å². The van der Waals surface area contributed by atoms with Crippen molar-refractivity contribution in [2.24, 2.45) is 0 Å². The Morgan fingerprint density at radius 1 is 1.08 bits per heavy atom. The summed E-state index contributed by atoms with van der Waals surface area (Å²) in [5.74, 6) is 0. The minimum absolute atomic E-state index is 0.715. The summed E-state index contributed by atoms with van der Waals surface area (Å²) in [4.78, 5) is 0. The monoisotopic (exact) mass is 176 g/mol. The third-order valence-corrected chi connectivity index (χ3v) is 3.43. The molecule has 0 aliphatic carbocycles. The fourth-order valence-electron chi connectivity index (χ4n) is 2.07. The van der Waals surface area contributed by atoms with Gasteiger partial charge in [0.15, 0.2) is 0 Å². The fraction of sp³-hybridized carbons (Fsp3) is 0.500. The van der Waals surface area contributed by atoms with Crippen molar-refractivity contribution in [2.75, 3.05) is 7.05 Å². The molecule has 0 spiro atoms. The van der Waals surface area contributed by atoms with Crippen LogP contribution in [0.25, 0.3) is 0 Å². The highest BCUT2D eigenvalue weighted by molar-refractivity contribution is 5.27. The summed E-state index contributed by atoms with van der Waals surface area (Å²) in [6.45, 7) is 7.03. The van der Waals surface area contributed by atoms with Gasteiger partial charge in [-0.25, -0.2) is 0 Å². The molecular formula is C12H18N+. The summed E-state index contributed by atoms with van der Waals surface area (Å²) in [5, 5.41) is 0. The average molecular weight is 176 g/mol.